The number of thioether (sulfide) groups is 1. The third-order valence-corrected chi connectivity index (χ3v) is 7.06. The Bertz CT molecular complexity index is 1050. The summed E-state index contributed by atoms with van der Waals surface area (Å²) in [6.45, 7) is 10.4. The topological polar surface area (TPSA) is 52.0 Å². The Hall–Kier alpha value is -1.92. The lowest BCUT2D eigenvalue weighted by Gasteiger charge is -2.14. The van der Waals surface area contributed by atoms with E-state index in [-0.39, 0.29) is 16.6 Å². The average Bonchev–Trinajstić information content (AvgIpc) is 2.95. The van der Waals surface area contributed by atoms with Crippen LogP contribution in [0.5, 0.6) is 0 Å². The molecule has 1 unspecified atom stereocenters. The van der Waals surface area contributed by atoms with Crippen molar-refractivity contribution >= 4 is 39.1 Å². The number of nitrogens with zero attached hydrogens (tertiary/aromatic N) is 2. The molecule has 27 heavy (non-hydrogen) atoms. The Kier molecular flexibility index (Phi) is 5.86. The van der Waals surface area contributed by atoms with Crippen LogP contribution in [0.1, 0.15) is 47.1 Å². The summed E-state index contributed by atoms with van der Waals surface area (Å²) in [4.78, 5) is 32.4. The van der Waals surface area contributed by atoms with E-state index in [0.29, 0.717) is 22.7 Å². The van der Waals surface area contributed by atoms with E-state index in [1.165, 1.54) is 28.7 Å². The second kappa shape index (κ2) is 7.98. The molecule has 4 nitrogen and oxygen atoms in total. The van der Waals surface area contributed by atoms with E-state index in [9.17, 15) is 9.59 Å². The summed E-state index contributed by atoms with van der Waals surface area (Å²) in [5.74, 6) is 0.0539. The molecule has 2 aromatic heterocycles. The molecule has 0 radical (unpaired) electrons. The molecule has 142 valence electrons. The Morgan fingerprint density at radius 1 is 1.22 bits per heavy atom. The van der Waals surface area contributed by atoms with Crippen molar-refractivity contribution < 1.29 is 4.79 Å². The number of thiophene rings is 1. The van der Waals surface area contributed by atoms with Gasteiger partial charge in [0, 0.05) is 17.0 Å². The minimum Gasteiger partial charge on any atom is -0.293 e. The maximum absolute atomic E-state index is 12.9. The quantitative estimate of drug-likeness (QED) is 0.331. The lowest BCUT2D eigenvalue weighted by Crippen LogP contribution is -2.24. The molecule has 0 amide bonds. The van der Waals surface area contributed by atoms with Gasteiger partial charge >= 0.3 is 0 Å². The van der Waals surface area contributed by atoms with Gasteiger partial charge in [-0.1, -0.05) is 43.0 Å². The van der Waals surface area contributed by atoms with Crippen molar-refractivity contribution in [2.45, 2.75) is 58.0 Å². The number of Topliss-reactive ketones (excluding diaryl/α,β-unsaturated/α-hetero) is 1. The first-order valence-electron chi connectivity index (χ1n) is 9.17. The zero-order valence-corrected chi connectivity index (χ0v) is 18.0. The molecule has 0 aliphatic carbocycles. The van der Waals surface area contributed by atoms with Crippen molar-refractivity contribution in [1.82, 2.24) is 9.55 Å². The van der Waals surface area contributed by atoms with Crippen LogP contribution in [-0.2, 0) is 13.0 Å². The normalized spacial score (nSPS) is 12.5. The number of hydrogen-bond donors (Lipinski definition) is 0. The molecule has 0 bridgehead atoms. The van der Waals surface area contributed by atoms with Gasteiger partial charge < -0.3 is 0 Å². The summed E-state index contributed by atoms with van der Waals surface area (Å²) in [6.07, 6.45) is 0.950. The molecule has 0 N–H and O–H groups in total. The fourth-order valence-electron chi connectivity index (χ4n) is 3.03. The summed E-state index contributed by atoms with van der Waals surface area (Å²) >= 11 is 2.90. The van der Waals surface area contributed by atoms with Gasteiger partial charge in [-0.25, -0.2) is 4.98 Å². The molecular formula is C21H24N2O2S2. The average molecular weight is 401 g/mol. The van der Waals surface area contributed by atoms with Gasteiger partial charge in [-0.2, -0.15) is 0 Å². The molecule has 1 atom stereocenters. The fourth-order valence-corrected chi connectivity index (χ4v) is 5.15. The van der Waals surface area contributed by atoms with Gasteiger partial charge in [0.05, 0.1) is 10.6 Å². The highest BCUT2D eigenvalue weighted by atomic mass is 32.2. The van der Waals surface area contributed by atoms with Crippen LogP contribution in [0.3, 0.4) is 0 Å². The number of rotatable bonds is 6. The highest BCUT2D eigenvalue weighted by Gasteiger charge is 2.21. The lowest BCUT2D eigenvalue weighted by molar-refractivity contribution is 0.0994. The molecular weight excluding hydrogens is 376 g/mol. The third-order valence-electron chi connectivity index (χ3n) is 4.87. The Morgan fingerprint density at radius 3 is 2.48 bits per heavy atom. The van der Waals surface area contributed by atoms with Crippen LogP contribution in [0.25, 0.3) is 10.2 Å². The summed E-state index contributed by atoms with van der Waals surface area (Å²) < 4.78 is 1.68. The molecule has 0 aliphatic heterocycles. The standard InChI is InChI=1S/C21H24N2O2S2/c1-6-15-8-10-16(11-9-15)18(24)14(5)27-21-22-19-17(12(3)13(4)26-19)20(25)23(21)7-2/h8-11,14H,6-7H2,1-5H3. The molecule has 0 fully saturated rings. The van der Waals surface area contributed by atoms with Crippen LogP contribution in [0, 0.1) is 13.8 Å². The number of aromatic nitrogens is 2. The number of carbonyl (C=O) groups is 1. The van der Waals surface area contributed by atoms with E-state index < -0.39 is 0 Å². The van der Waals surface area contributed by atoms with Crippen molar-refractivity contribution in [3.05, 3.63) is 56.2 Å². The maximum atomic E-state index is 12.9. The maximum Gasteiger partial charge on any atom is 0.263 e. The largest absolute Gasteiger partial charge is 0.293 e. The monoisotopic (exact) mass is 400 g/mol. The van der Waals surface area contributed by atoms with Crippen molar-refractivity contribution in [3.8, 4) is 0 Å². The second-order valence-corrected chi connectivity index (χ2v) is 9.09. The van der Waals surface area contributed by atoms with Crippen LogP contribution in [-0.4, -0.2) is 20.6 Å². The van der Waals surface area contributed by atoms with E-state index in [1.807, 2.05) is 52.0 Å². The summed E-state index contributed by atoms with van der Waals surface area (Å²) in [5.41, 5.74) is 2.90. The van der Waals surface area contributed by atoms with Gasteiger partial charge in [0.25, 0.3) is 5.56 Å². The van der Waals surface area contributed by atoms with Crippen LogP contribution in [0.2, 0.25) is 0 Å². The summed E-state index contributed by atoms with van der Waals surface area (Å²) in [6, 6.07) is 7.75. The van der Waals surface area contributed by atoms with Gasteiger partial charge in [0.2, 0.25) is 0 Å². The molecule has 0 saturated carbocycles. The van der Waals surface area contributed by atoms with E-state index in [0.717, 1.165) is 21.7 Å². The molecule has 3 rings (SSSR count). The highest BCUT2D eigenvalue weighted by Crippen LogP contribution is 2.30. The number of ketones is 1. The minimum absolute atomic E-state index is 0.0150. The predicted octanol–water partition coefficient (Wildman–Crippen LogP) is 5.02. The Labute approximate surface area is 167 Å². The molecule has 3 aromatic rings. The van der Waals surface area contributed by atoms with E-state index in [1.54, 1.807) is 4.57 Å². The molecule has 0 spiro atoms. The summed E-state index contributed by atoms with van der Waals surface area (Å²) in [7, 11) is 0. The van der Waals surface area contributed by atoms with Gasteiger partial charge in [-0.3, -0.25) is 14.2 Å². The lowest BCUT2D eigenvalue weighted by atomic mass is 10.1. The second-order valence-electron chi connectivity index (χ2n) is 6.58. The first-order chi connectivity index (χ1) is 12.9. The van der Waals surface area contributed by atoms with Gasteiger partial charge in [0.15, 0.2) is 10.9 Å². The van der Waals surface area contributed by atoms with Gasteiger partial charge in [-0.15, -0.1) is 11.3 Å². The van der Waals surface area contributed by atoms with Crippen molar-refractivity contribution in [2.24, 2.45) is 0 Å². The van der Waals surface area contributed by atoms with Crippen LogP contribution >= 0.6 is 23.1 Å². The third kappa shape index (κ3) is 3.73. The fraction of sp³-hybridized carbons (Fsp3) is 0.381. The van der Waals surface area contributed by atoms with E-state index >= 15 is 0 Å². The minimum atomic E-state index is -0.318. The van der Waals surface area contributed by atoms with Crippen LogP contribution in [0.15, 0.2) is 34.2 Å². The first kappa shape index (κ1) is 19.8. The number of hydrogen-bond acceptors (Lipinski definition) is 5. The zero-order valence-electron chi connectivity index (χ0n) is 16.3. The van der Waals surface area contributed by atoms with Crippen molar-refractivity contribution in [1.29, 1.82) is 0 Å². The molecule has 6 heteroatoms. The SMILES string of the molecule is CCc1ccc(C(=O)C(C)Sc2nc3sc(C)c(C)c3c(=O)n2CC)cc1. The molecule has 2 heterocycles. The van der Waals surface area contributed by atoms with E-state index in [2.05, 4.69) is 6.92 Å². The zero-order chi connectivity index (χ0) is 19.7. The number of aryl methyl sites for hydroxylation is 3. The first-order valence-corrected chi connectivity index (χ1v) is 10.9. The van der Waals surface area contributed by atoms with Crippen molar-refractivity contribution in [3.63, 3.8) is 0 Å². The molecule has 1 aromatic carbocycles. The van der Waals surface area contributed by atoms with Crippen LogP contribution < -0.4 is 5.56 Å². The summed E-state index contributed by atoms with van der Waals surface area (Å²) in [5, 5.41) is 1.00. The highest BCUT2D eigenvalue weighted by molar-refractivity contribution is 8.00. The predicted molar refractivity (Wildman–Crippen MR) is 114 cm³/mol. The molecule has 0 saturated heterocycles. The van der Waals surface area contributed by atoms with Gasteiger partial charge in [0.1, 0.15) is 4.83 Å². The van der Waals surface area contributed by atoms with Crippen molar-refractivity contribution in [2.75, 3.05) is 0 Å². The Balaban J connectivity index is 1.95. The van der Waals surface area contributed by atoms with Crippen LogP contribution in [0.4, 0.5) is 0 Å². The number of fused-ring (bicyclic) bond motifs is 1. The molecule has 0 aliphatic rings. The van der Waals surface area contributed by atoms with E-state index in [4.69, 9.17) is 4.98 Å². The smallest absolute Gasteiger partial charge is 0.263 e. The number of benzene rings is 1. The Morgan fingerprint density at radius 2 is 1.89 bits per heavy atom. The van der Waals surface area contributed by atoms with Gasteiger partial charge in [-0.05, 0) is 45.2 Å². The number of carbonyl (C=O) groups excluding carboxylic acids is 1.